The standard InChI is InChI=1S/C6H13N5O/c1-11(12)4-5(7)2-3-10-6(8)9/h2-3,12H,4,7H2,1H3,(H3,8,9)/p+1. The largest absolute Gasteiger partial charge is 0.397 e. The van der Waals surface area contributed by atoms with E-state index in [2.05, 4.69) is 4.99 Å². The molecule has 0 rings (SSSR count). The van der Waals surface area contributed by atoms with E-state index in [0.717, 1.165) is 0 Å². The van der Waals surface area contributed by atoms with Crippen molar-refractivity contribution in [3.63, 3.8) is 0 Å². The number of nitrogens with two attached hydrogens (primary N) is 2. The topological polar surface area (TPSA) is 113 Å². The van der Waals surface area contributed by atoms with Crippen LogP contribution in [0.5, 0.6) is 0 Å². The van der Waals surface area contributed by atoms with Gasteiger partial charge in [-0.2, -0.15) is 5.06 Å². The second-order valence-electron chi connectivity index (χ2n) is 2.32. The summed E-state index contributed by atoms with van der Waals surface area (Å²) in [5.74, 6) is -0.274. The van der Waals surface area contributed by atoms with Crippen molar-refractivity contribution in [1.29, 1.82) is 5.41 Å². The summed E-state index contributed by atoms with van der Waals surface area (Å²) in [6.45, 7) is 0.309. The second kappa shape index (κ2) is 5.28. The van der Waals surface area contributed by atoms with E-state index in [1.807, 2.05) is 0 Å². The SMILES string of the molecule is C[NH+](O)CC(N)=CC=NC(=N)N. The first kappa shape index (κ1) is 10.6. The summed E-state index contributed by atoms with van der Waals surface area (Å²) in [4.78, 5) is 3.46. The lowest BCUT2D eigenvalue weighted by molar-refractivity contribution is -1.07. The number of hydrogen-bond acceptors (Lipinski definition) is 3. The number of aliphatic imine (C=N–C) groups is 1. The van der Waals surface area contributed by atoms with E-state index in [4.69, 9.17) is 22.1 Å². The molecule has 12 heavy (non-hydrogen) atoms. The van der Waals surface area contributed by atoms with Gasteiger partial charge >= 0.3 is 0 Å². The van der Waals surface area contributed by atoms with Crippen LogP contribution in [0.15, 0.2) is 16.8 Å². The van der Waals surface area contributed by atoms with Crippen molar-refractivity contribution in [2.24, 2.45) is 16.5 Å². The van der Waals surface area contributed by atoms with Crippen LogP contribution < -0.4 is 16.5 Å². The fraction of sp³-hybridized carbons (Fsp3) is 0.333. The van der Waals surface area contributed by atoms with Gasteiger partial charge in [0.2, 0.25) is 5.96 Å². The van der Waals surface area contributed by atoms with Gasteiger partial charge in [-0.3, -0.25) is 5.41 Å². The Bertz CT molecular complexity index is 208. The highest BCUT2D eigenvalue weighted by atomic mass is 16.5. The summed E-state index contributed by atoms with van der Waals surface area (Å²) in [5.41, 5.74) is 10.9. The molecular weight excluding hydrogens is 158 g/mol. The minimum Gasteiger partial charge on any atom is -0.397 e. The zero-order valence-corrected chi connectivity index (χ0v) is 6.91. The van der Waals surface area contributed by atoms with Crippen LogP contribution in [-0.2, 0) is 0 Å². The Hall–Kier alpha value is -1.40. The molecule has 1 unspecified atom stereocenters. The molecule has 0 aliphatic carbocycles. The number of allylic oxidation sites excluding steroid dienone is 1. The summed E-state index contributed by atoms with van der Waals surface area (Å²) >= 11 is 0. The van der Waals surface area contributed by atoms with Gasteiger partial charge in [0, 0.05) is 6.21 Å². The fourth-order valence-electron chi connectivity index (χ4n) is 0.568. The molecule has 0 aliphatic rings. The Labute approximate surface area is 70.6 Å². The zero-order chi connectivity index (χ0) is 9.56. The average molecular weight is 172 g/mol. The molecule has 0 aromatic carbocycles. The monoisotopic (exact) mass is 172 g/mol. The first-order valence-electron chi connectivity index (χ1n) is 3.36. The maximum Gasteiger partial charge on any atom is 0.212 e. The highest BCUT2D eigenvalue weighted by Crippen LogP contribution is 1.74. The molecule has 0 spiro atoms. The molecule has 0 aromatic heterocycles. The third kappa shape index (κ3) is 6.72. The number of rotatable bonds is 3. The number of nitrogens with zero attached hydrogens (tertiary/aromatic N) is 1. The molecule has 0 radical (unpaired) electrons. The molecule has 0 aromatic rings. The second-order valence-corrected chi connectivity index (χ2v) is 2.32. The molecule has 1 atom stereocenters. The van der Waals surface area contributed by atoms with E-state index in [0.29, 0.717) is 12.2 Å². The van der Waals surface area contributed by atoms with Crippen LogP contribution in [0, 0.1) is 5.41 Å². The lowest BCUT2D eigenvalue weighted by atomic mass is 10.4. The first-order chi connectivity index (χ1) is 5.52. The van der Waals surface area contributed by atoms with Gasteiger partial charge in [0.25, 0.3) is 0 Å². The van der Waals surface area contributed by atoms with Crippen molar-refractivity contribution < 1.29 is 10.3 Å². The minimum absolute atomic E-state index is 0.236. The zero-order valence-electron chi connectivity index (χ0n) is 6.91. The fourth-order valence-corrected chi connectivity index (χ4v) is 0.568. The molecule has 0 saturated heterocycles. The maximum absolute atomic E-state index is 8.82. The van der Waals surface area contributed by atoms with E-state index < -0.39 is 0 Å². The quantitative estimate of drug-likeness (QED) is 0.187. The van der Waals surface area contributed by atoms with E-state index in [9.17, 15) is 0 Å². The molecule has 0 aliphatic heterocycles. The van der Waals surface area contributed by atoms with Crippen LogP contribution in [0.4, 0.5) is 0 Å². The van der Waals surface area contributed by atoms with Crippen molar-refractivity contribution >= 4 is 12.2 Å². The third-order valence-corrected chi connectivity index (χ3v) is 0.962. The van der Waals surface area contributed by atoms with Crippen LogP contribution >= 0.6 is 0 Å². The molecule has 68 valence electrons. The predicted molar refractivity (Wildman–Crippen MR) is 46.2 cm³/mol. The number of hydroxylamine groups is 2. The van der Waals surface area contributed by atoms with Gasteiger partial charge in [0.05, 0.1) is 12.7 Å². The first-order valence-corrected chi connectivity index (χ1v) is 3.36. The summed E-state index contributed by atoms with van der Waals surface area (Å²) in [5, 5.41) is 15.8. The van der Waals surface area contributed by atoms with Gasteiger partial charge in [-0.1, -0.05) is 0 Å². The van der Waals surface area contributed by atoms with E-state index in [1.54, 1.807) is 7.05 Å². The molecule has 6 heteroatoms. The van der Waals surface area contributed by atoms with Gasteiger partial charge in [-0.25, -0.2) is 10.2 Å². The van der Waals surface area contributed by atoms with E-state index in [1.165, 1.54) is 12.3 Å². The van der Waals surface area contributed by atoms with Crippen molar-refractivity contribution in [3.05, 3.63) is 11.8 Å². The lowest BCUT2D eigenvalue weighted by Crippen LogP contribution is -3.06. The Morgan fingerprint density at radius 3 is 2.67 bits per heavy atom. The van der Waals surface area contributed by atoms with Crippen LogP contribution in [0.25, 0.3) is 0 Å². The van der Waals surface area contributed by atoms with Crippen LogP contribution in [0.3, 0.4) is 0 Å². The molecule has 0 bridgehead atoms. The molecule has 0 saturated carbocycles. The lowest BCUT2D eigenvalue weighted by Gasteiger charge is -2.02. The highest BCUT2D eigenvalue weighted by Gasteiger charge is 1.96. The van der Waals surface area contributed by atoms with Gasteiger partial charge in [-0.05, 0) is 6.08 Å². The van der Waals surface area contributed by atoms with Crippen LogP contribution in [0.1, 0.15) is 0 Å². The molecule has 6 nitrogen and oxygen atoms in total. The van der Waals surface area contributed by atoms with Gasteiger partial charge in [-0.15, -0.1) is 0 Å². The summed E-state index contributed by atoms with van der Waals surface area (Å²) < 4.78 is 0. The number of hydrogen-bond donors (Lipinski definition) is 5. The number of nitrogens with one attached hydrogen (secondary N) is 2. The minimum atomic E-state index is -0.274. The van der Waals surface area contributed by atoms with Crippen LogP contribution in [0.2, 0.25) is 0 Å². The van der Waals surface area contributed by atoms with Crippen molar-refractivity contribution in [2.75, 3.05) is 13.6 Å². The molecule has 0 heterocycles. The summed E-state index contributed by atoms with van der Waals surface area (Å²) in [6.07, 6.45) is 2.81. The molecule has 0 fully saturated rings. The Balaban J connectivity index is 3.92. The summed E-state index contributed by atoms with van der Waals surface area (Å²) in [7, 11) is 1.56. The number of quaternary nitrogens is 1. The van der Waals surface area contributed by atoms with Gasteiger partial charge in [0.15, 0.2) is 0 Å². The number of guanidine groups is 1. The Kier molecular flexibility index (Phi) is 4.66. The van der Waals surface area contributed by atoms with Crippen molar-refractivity contribution in [2.45, 2.75) is 0 Å². The van der Waals surface area contributed by atoms with Gasteiger partial charge < -0.3 is 11.5 Å². The highest BCUT2D eigenvalue weighted by molar-refractivity contribution is 5.88. The van der Waals surface area contributed by atoms with E-state index >= 15 is 0 Å². The normalized spacial score (nSPS) is 15.0. The third-order valence-electron chi connectivity index (χ3n) is 0.962. The van der Waals surface area contributed by atoms with E-state index in [-0.39, 0.29) is 11.0 Å². The number of likely N-dealkylation sites (N-methyl/N-ethyl adjacent to an activating group) is 1. The van der Waals surface area contributed by atoms with Crippen molar-refractivity contribution in [3.8, 4) is 0 Å². The summed E-state index contributed by atoms with van der Waals surface area (Å²) in [6, 6.07) is 0. The van der Waals surface area contributed by atoms with Crippen LogP contribution in [-0.4, -0.2) is 31.0 Å². The van der Waals surface area contributed by atoms with Crippen molar-refractivity contribution in [1.82, 2.24) is 0 Å². The van der Waals surface area contributed by atoms with Gasteiger partial charge in [0.1, 0.15) is 6.54 Å². The Morgan fingerprint density at radius 1 is 1.67 bits per heavy atom. The Morgan fingerprint density at radius 2 is 2.25 bits per heavy atom. The molecule has 7 N–H and O–H groups in total. The maximum atomic E-state index is 8.82. The predicted octanol–water partition coefficient (Wildman–Crippen LogP) is -2.30. The molecule has 0 amide bonds. The smallest absolute Gasteiger partial charge is 0.212 e. The molecular formula is C6H14N5O+. The average Bonchev–Trinajstić information content (AvgIpc) is 1.84.